The second-order valence-electron chi connectivity index (χ2n) is 3.89. The molecule has 0 aromatic rings. The molecule has 78 valence electrons. The molecule has 2 rings (SSSR count). The lowest BCUT2D eigenvalue weighted by Crippen LogP contribution is -2.16. The van der Waals surface area contributed by atoms with Gasteiger partial charge in [0.2, 0.25) is 0 Å². The lowest BCUT2D eigenvalue weighted by molar-refractivity contribution is -0.137. The van der Waals surface area contributed by atoms with E-state index >= 15 is 0 Å². The predicted molar refractivity (Wildman–Crippen MR) is 51.8 cm³/mol. The Labute approximate surface area is 84.1 Å². The molecule has 3 heteroatoms. The second-order valence-corrected chi connectivity index (χ2v) is 3.89. The van der Waals surface area contributed by atoms with Gasteiger partial charge in [-0.1, -0.05) is 12.8 Å². The van der Waals surface area contributed by atoms with Crippen molar-refractivity contribution in [3.8, 4) is 0 Å². The maximum absolute atomic E-state index is 11.1. The largest absolute Gasteiger partial charge is 0.463 e. The lowest BCUT2D eigenvalue weighted by Gasteiger charge is -2.12. The molecule has 2 fully saturated rings. The van der Waals surface area contributed by atoms with Crippen LogP contribution in [0.1, 0.15) is 32.6 Å². The van der Waals surface area contributed by atoms with Gasteiger partial charge in [-0.3, -0.25) is 0 Å². The summed E-state index contributed by atoms with van der Waals surface area (Å²) in [5.74, 6) is -0.262. The van der Waals surface area contributed by atoms with E-state index in [9.17, 15) is 4.79 Å². The van der Waals surface area contributed by atoms with Crippen LogP contribution in [0.15, 0.2) is 12.2 Å². The minimum absolute atomic E-state index is 0.106. The quantitative estimate of drug-likeness (QED) is 0.392. The van der Waals surface area contributed by atoms with Crippen molar-refractivity contribution >= 4 is 5.97 Å². The van der Waals surface area contributed by atoms with E-state index in [2.05, 4.69) is 0 Å². The van der Waals surface area contributed by atoms with Gasteiger partial charge in [0.05, 0.1) is 12.7 Å². The molecule has 0 aromatic carbocycles. The molecule has 1 heterocycles. The summed E-state index contributed by atoms with van der Waals surface area (Å²) in [6.45, 7) is 2.24. The van der Waals surface area contributed by atoms with Gasteiger partial charge in [-0.15, -0.1) is 0 Å². The number of rotatable bonds is 3. The maximum atomic E-state index is 11.1. The van der Waals surface area contributed by atoms with Crippen LogP contribution in [0.4, 0.5) is 0 Å². The van der Waals surface area contributed by atoms with Crippen LogP contribution in [0.2, 0.25) is 0 Å². The van der Waals surface area contributed by atoms with Crippen LogP contribution in [0.3, 0.4) is 0 Å². The van der Waals surface area contributed by atoms with Crippen molar-refractivity contribution in [3.05, 3.63) is 12.2 Å². The first-order valence-electron chi connectivity index (χ1n) is 5.31. The van der Waals surface area contributed by atoms with E-state index in [1.165, 1.54) is 18.9 Å². The highest BCUT2D eigenvalue weighted by Crippen LogP contribution is 2.48. The maximum Gasteiger partial charge on any atom is 0.330 e. The molecule has 0 bridgehead atoms. The number of carbonyl (C=O) groups excluding carboxylic acids is 1. The molecule has 1 saturated heterocycles. The molecule has 14 heavy (non-hydrogen) atoms. The van der Waals surface area contributed by atoms with Crippen LogP contribution in [0.5, 0.6) is 0 Å². The van der Waals surface area contributed by atoms with Crippen molar-refractivity contribution in [1.29, 1.82) is 0 Å². The highest BCUT2D eigenvalue weighted by Gasteiger charge is 2.55. The fourth-order valence-electron chi connectivity index (χ4n) is 2.11. The van der Waals surface area contributed by atoms with E-state index in [0.717, 1.165) is 12.8 Å². The van der Waals surface area contributed by atoms with E-state index in [4.69, 9.17) is 9.47 Å². The summed E-state index contributed by atoms with van der Waals surface area (Å²) < 4.78 is 10.4. The van der Waals surface area contributed by atoms with Crippen LogP contribution >= 0.6 is 0 Å². The summed E-state index contributed by atoms with van der Waals surface area (Å²) in [4.78, 5) is 11.1. The number of esters is 1. The average molecular weight is 196 g/mol. The summed E-state index contributed by atoms with van der Waals surface area (Å²) >= 11 is 0. The van der Waals surface area contributed by atoms with Crippen molar-refractivity contribution < 1.29 is 14.3 Å². The van der Waals surface area contributed by atoms with Crippen LogP contribution in [0, 0.1) is 0 Å². The number of hydrogen-bond acceptors (Lipinski definition) is 3. The topological polar surface area (TPSA) is 38.8 Å². The Kier molecular flexibility index (Phi) is 2.59. The molecule has 1 aliphatic carbocycles. The van der Waals surface area contributed by atoms with Crippen molar-refractivity contribution in [1.82, 2.24) is 0 Å². The molecule has 0 N–H and O–H groups in total. The van der Waals surface area contributed by atoms with Gasteiger partial charge in [0, 0.05) is 6.08 Å². The Hall–Kier alpha value is -0.830. The molecule has 2 aliphatic rings. The zero-order valence-electron chi connectivity index (χ0n) is 8.49. The van der Waals surface area contributed by atoms with Crippen LogP contribution < -0.4 is 0 Å². The number of ether oxygens (including phenoxy) is 2. The fourth-order valence-corrected chi connectivity index (χ4v) is 2.11. The van der Waals surface area contributed by atoms with Crippen molar-refractivity contribution in [3.63, 3.8) is 0 Å². The highest BCUT2D eigenvalue weighted by atomic mass is 16.6. The van der Waals surface area contributed by atoms with E-state index < -0.39 is 0 Å². The molecule has 0 aromatic heterocycles. The molecular weight excluding hydrogens is 180 g/mol. The molecule has 1 aliphatic heterocycles. The predicted octanol–water partition coefficient (Wildman–Crippen LogP) is 1.82. The number of carbonyl (C=O) groups is 1. The molecule has 2 unspecified atom stereocenters. The third-order valence-corrected chi connectivity index (χ3v) is 2.92. The second kappa shape index (κ2) is 3.73. The zero-order chi connectivity index (χ0) is 10.0. The van der Waals surface area contributed by atoms with Gasteiger partial charge >= 0.3 is 5.97 Å². The van der Waals surface area contributed by atoms with Gasteiger partial charge in [-0.2, -0.15) is 0 Å². The standard InChI is InChI=1S/C11H16O3/c1-2-13-10(12)6-8-11-7-4-3-5-9(11)14-11/h6,8-9H,2-5,7H2,1H3/b8-6+. The van der Waals surface area contributed by atoms with Crippen LogP contribution in [0.25, 0.3) is 0 Å². The highest BCUT2D eigenvalue weighted by molar-refractivity contribution is 5.82. The van der Waals surface area contributed by atoms with Crippen LogP contribution in [-0.4, -0.2) is 24.3 Å². The van der Waals surface area contributed by atoms with Gasteiger partial charge in [-0.25, -0.2) is 4.79 Å². The van der Waals surface area contributed by atoms with Crippen molar-refractivity contribution in [2.24, 2.45) is 0 Å². The van der Waals surface area contributed by atoms with Crippen molar-refractivity contribution in [2.75, 3.05) is 6.61 Å². The third kappa shape index (κ3) is 1.82. The summed E-state index contributed by atoms with van der Waals surface area (Å²) in [5, 5.41) is 0. The molecule has 1 saturated carbocycles. The monoisotopic (exact) mass is 196 g/mol. The van der Waals surface area contributed by atoms with E-state index in [-0.39, 0.29) is 11.6 Å². The fraction of sp³-hybridized carbons (Fsp3) is 0.727. The minimum atomic E-state index is -0.262. The van der Waals surface area contributed by atoms with Gasteiger partial charge < -0.3 is 9.47 Å². The summed E-state index contributed by atoms with van der Waals surface area (Å²) in [5.41, 5.74) is -0.106. The molecular formula is C11H16O3. The molecule has 3 nitrogen and oxygen atoms in total. The smallest absolute Gasteiger partial charge is 0.330 e. The lowest BCUT2D eigenvalue weighted by atomic mass is 9.89. The third-order valence-electron chi connectivity index (χ3n) is 2.92. The zero-order valence-corrected chi connectivity index (χ0v) is 8.49. The first-order chi connectivity index (χ1) is 6.77. The first-order valence-corrected chi connectivity index (χ1v) is 5.31. The van der Waals surface area contributed by atoms with E-state index in [1.807, 2.05) is 6.08 Å². The van der Waals surface area contributed by atoms with Gasteiger partial charge in [-0.05, 0) is 25.8 Å². The van der Waals surface area contributed by atoms with Crippen molar-refractivity contribution in [2.45, 2.75) is 44.3 Å². The van der Waals surface area contributed by atoms with E-state index in [0.29, 0.717) is 12.7 Å². The van der Waals surface area contributed by atoms with E-state index in [1.54, 1.807) is 6.92 Å². The Bertz CT molecular complexity index is 259. The first kappa shape index (κ1) is 9.71. The number of hydrogen-bond donors (Lipinski definition) is 0. The Balaban J connectivity index is 1.88. The number of fused-ring (bicyclic) bond motifs is 1. The Morgan fingerprint density at radius 1 is 1.64 bits per heavy atom. The number of epoxide rings is 1. The van der Waals surface area contributed by atoms with Gasteiger partial charge in [0.25, 0.3) is 0 Å². The summed E-state index contributed by atoms with van der Waals surface area (Å²) in [6.07, 6.45) is 8.38. The average Bonchev–Trinajstić information content (AvgIpc) is 2.90. The van der Waals surface area contributed by atoms with Gasteiger partial charge in [0.15, 0.2) is 0 Å². The SMILES string of the molecule is CCOC(=O)/C=C/C12CCCCC1O2. The van der Waals surface area contributed by atoms with Gasteiger partial charge in [0.1, 0.15) is 5.60 Å². The molecule has 0 radical (unpaired) electrons. The Morgan fingerprint density at radius 2 is 2.50 bits per heavy atom. The molecule has 0 spiro atoms. The van der Waals surface area contributed by atoms with Crippen LogP contribution in [-0.2, 0) is 14.3 Å². The minimum Gasteiger partial charge on any atom is -0.463 e. The molecule has 0 amide bonds. The molecule has 2 atom stereocenters. The normalized spacial score (nSPS) is 35.4. The summed E-state index contributed by atoms with van der Waals surface area (Å²) in [7, 11) is 0. The Morgan fingerprint density at radius 3 is 3.21 bits per heavy atom. The summed E-state index contributed by atoms with van der Waals surface area (Å²) in [6, 6.07) is 0.